The minimum atomic E-state index is -0.187. The zero-order chi connectivity index (χ0) is 17.5. The third-order valence-corrected chi connectivity index (χ3v) is 3.66. The normalized spacial score (nSPS) is 10.3. The summed E-state index contributed by atoms with van der Waals surface area (Å²) in [5, 5.41) is 6.33. The Labute approximate surface area is 149 Å². The van der Waals surface area contributed by atoms with E-state index in [1.165, 1.54) is 13.1 Å². The van der Waals surface area contributed by atoms with Crippen molar-refractivity contribution in [2.24, 2.45) is 0 Å². The zero-order valence-corrected chi connectivity index (χ0v) is 14.5. The molecule has 2 aromatic rings. The Bertz CT molecular complexity index is 735. The standard InChI is InChI=1S/C16H16Cl2N4O2/c1-10(23)11-3-5-12(6-4-11)15(24)20-8-2-7-19-14-13(17)9-21-16(18)22-14/h3-6,9H,2,7-8H2,1H3,(H,20,24)(H,19,21,22). The van der Waals surface area contributed by atoms with Gasteiger partial charge >= 0.3 is 0 Å². The lowest BCUT2D eigenvalue weighted by atomic mass is 10.1. The summed E-state index contributed by atoms with van der Waals surface area (Å²) in [7, 11) is 0. The molecule has 0 aliphatic carbocycles. The van der Waals surface area contributed by atoms with Gasteiger partial charge in [0.25, 0.3) is 5.91 Å². The Morgan fingerprint density at radius 1 is 1.08 bits per heavy atom. The van der Waals surface area contributed by atoms with Gasteiger partial charge in [-0.15, -0.1) is 0 Å². The van der Waals surface area contributed by atoms with Gasteiger partial charge in [0.05, 0.1) is 6.20 Å². The molecule has 1 aromatic heterocycles. The Kier molecular flexibility index (Phi) is 6.52. The lowest BCUT2D eigenvalue weighted by Gasteiger charge is -2.08. The highest BCUT2D eigenvalue weighted by molar-refractivity contribution is 6.33. The summed E-state index contributed by atoms with van der Waals surface area (Å²) in [5.74, 6) is 0.243. The third kappa shape index (κ3) is 5.18. The molecule has 1 heterocycles. The largest absolute Gasteiger partial charge is 0.369 e. The van der Waals surface area contributed by atoms with Crippen LogP contribution in [0.3, 0.4) is 0 Å². The predicted octanol–water partition coefficient (Wildman–Crippen LogP) is 3.22. The van der Waals surface area contributed by atoms with Crippen molar-refractivity contribution in [3.05, 3.63) is 51.9 Å². The fourth-order valence-electron chi connectivity index (χ4n) is 1.93. The van der Waals surface area contributed by atoms with E-state index in [9.17, 15) is 9.59 Å². The predicted molar refractivity (Wildman–Crippen MR) is 93.9 cm³/mol. The number of nitrogens with zero attached hydrogens (tertiary/aromatic N) is 2. The van der Waals surface area contributed by atoms with Crippen molar-refractivity contribution in [3.63, 3.8) is 0 Å². The molecule has 8 heteroatoms. The first-order valence-electron chi connectivity index (χ1n) is 7.28. The maximum atomic E-state index is 12.0. The van der Waals surface area contributed by atoms with Crippen molar-refractivity contribution < 1.29 is 9.59 Å². The molecule has 0 fully saturated rings. The maximum Gasteiger partial charge on any atom is 0.251 e. The second-order valence-electron chi connectivity index (χ2n) is 5.01. The van der Waals surface area contributed by atoms with Gasteiger partial charge in [-0.2, -0.15) is 4.98 Å². The fourth-order valence-corrected chi connectivity index (χ4v) is 2.22. The summed E-state index contributed by atoms with van der Waals surface area (Å²) < 4.78 is 0. The Morgan fingerprint density at radius 3 is 2.42 bits per heavy atom. The topological polar surface area (TPSA) is 84.0 Å². The van der Waals surface area contributed by atoms with Crippen molar-refractivity contribution in [2.75, 3.05) is 18.4 Å². The number of aromatic nitrogens is 2. The van der Waals surface area contributed by atoms with Crippen molar-refractivity contribution in [1.29, 1.82) is 0 Å². The number of anilines is 1. The van der Waals surface area contributed by atoms with E-state index >= 15 is 0 Å². The average molecular weight is 367 g/mol. The molecule has 126 valence electrons. The number of nitrogens with one attached hydrogen (secondary N) is 2. The van der Waals surface area contributed by atoms with Crippen LogP contribution < -0.4 is 10.6 Å². The van der Waals surface area contributed by atoms with Gasteiger partial charge in [0.1, 0.15) is 10.8 Å². The van der Waals surface area contributed by atoms with Gasteiger partial charge in [-0.3, -0.25) is 9.59 Å². The van der Waals surface area contributed by atoms with Gasteiger partial charge in [0.15, 0.2) is 5.78 Å². The highest BCUT2D eigenvalue weighted by atomic mass is 35.5. The zero-order valence-electron chi connectivity index (χ0n) is 13.0. The lowest BCUT2D eigenvalue weighted by molar-refractivity contribution is 0.0951. The third-order valence-electron chi connectivity index (χ3n) is 3.20. The number of halogens is 2. The summed E-state index contributed by atoms with van der Waals surface area (Å²) in [6.07, 6.45) is 2.10. The van der Waals surface area contributed by atoms with Crippen LogP contribution in [0.25, 0.3) is 0 Å². The van der Waals surface area contributed by atoms with E-state index in [0.717, 1.165) is 0 Å². The molecule has 0 atom stereocenters. The molecule has 0 unspecified atom stereocenters. The van der Waals surface area contributed by atoms with Crippen molar-refractivity contribution in [2.45, 2.75) is 13.3 Å². The van der Waals surface area contributed by atoms with Crippen LogP contribution in [0.5, 0.6) is 0 Å². The molecule has 2 rings (SSSR count). The smallest absolute Gasteiger partial charge is 0.251 e. The van der Waals surface area contributed by atoms with E-state index in [1.54, 1.807) is 24.3 Å². The molecular weight excluding hydrogens is 351 g/mol. The summed E-state index contributed by atoms with van der Waals surface area (Å²) in [6.45, 7) is 2.53. The van der Waals surface area contributed by atoms with E-state index < -0.39 is 0 Å². The number of amides is 1. The van der Waals surface area contributed by atoms with Crippen LogP contribution in [-0.2, 0) is 0 Å². The number of rotatable bonds is 7. The number of hydrogen-bond donors (Lipinski definition) is 2. The number of carbonyl (C=O) groups is 2. The van der Waals surface area contributed by atoms with E-state index in [1.807, 2.05) is 0 Å². The van der Waals surface area contributed by atoms with Crippen LogP contribution in [0.1, 0.15) is 34.1 Å². The number of benzene rings is 1. The minimum absolute atomic E-state index is 0.0310. The molecule has 1 amide bonds. The van der Waals surface area contributed by atoms with E-state index in [0.29, 0.717) is 41.5 Å². The van der Waals surface area contributed by atoms with Gasteiger partial charge < -0.3 is 10.6 Å². The van der Waals surface area contributed by atoms with Gasteiger partial charge in [-0.05, 0) is 37.1 Å². The monoisotopic (exact) mass is 366 g/mol. The SMILES string of the molecule is CC(=O)c1ccc(C(=O)NCCCNc2nc(Cl)ncc2Cl)cc1. The van der Waals surface area contributed by atoms with Crippen molar-refractivity contribution in [3.8, 4) is 0 Å². The fraction of sp³-hybridized carbons (Fsp3) is 0.250. The molecule has 2 N–H and O–H groups in total. The number of carbonyl (C=O) groups excluding carboxylic acids is 2. The van der Waals surface area contributed by atoms with Gasteiger partial charge in [-0.25, -0.2) is 4.98 Å². The first kappa shape index (κ1) is 18.2. The highest BCUT2D eigenvalue weighted by Crippen LogP contribution is 2.18. The summed E-state index contributed by atoms with van der Waals surface area (Å²) in [6, 6.07) is 6.54. The number of hydrogen-bond acceptors (Lipinski definition) is 5. The first-order valence-corrected chi connectivity index (χ1v) is 8.04. The van der Waals surface area contributed by atoms with Crippen LogP contribution in [-0.4, -0.2) is 34.7 Å². The molecule has 0 saturated carbocycles. The molecule has 1 aromatic carbocycles. The lowest BCUT2D eigenvalue weighted by Crippen LogP contribution is -2.25. The molecule has 0 aliphatic rings. The minimum Gasteiger partial charge on any atom is -0.369 e. The summed E-state index contributed by atoms with van der Waals surface area (Å²) >= 11 is 11.6. The van der Waals surface area contributed by atoms with Crippen LogP contribution >= 0.6 is 23.2 Å². The van der Waals surface area contributed by atoms with Crippen LogP contribution in [0, 0.1) is 0 Å². The second kappa shape index (κ2) is 8.61. The molecular formula is C16H16Cl2N4O2. The molecule has 24 heavy (non-hydrogen) atoms. The molecule has 0 radical (unpaired) electrons. The van der Waals surface area contributed by atoms with Gasteiger partial charge in [-0.1, -0.05) is 23.7 Å². The molecule has 6 nitrogen and oxygen atoms in total. The van der Waals surface area contributed by atoms with Gasteiger partial charge in [0.2, 0.25) is 5.28 Å². The Hall–Kier alpha value is -2.18. The molecule has 0 spiro atoms. The average Bonchev–Trinajstić information content (AvgIpc) is 2.57. The highest BCUT2D eigenvalue weighted by Gasteiger charge is 2.07. The maximum absolute atomic E-state index is 12.0. The van der Waals surface area contributed by atoms with E-state index in [2.05, 4.69) is 20.6 Å². The first-order chi connectivity index (χ1) is 11.5. The van der Waals surface area contributed by atoms with Crippen molar-refractivity contribution in [1.82, 2.24) is 15.3 Å². The molecule has 0 saturated heterocycles. The number of ketones is 1. The van der Waals surface area contributed by atoms with E-state index in [4.69, 9.17) is 23.2 Å². The van der Waals surface area contributed by atoms with Crippen LogP contribution in [0.15, 0.2) is 30.5 Å². The quantitative estimate of drug-likeness (QED) is 0.446. The Morgan fingerprint density at radius 2 is 1.75 bits per heavy atom. The van der Waals surface area contributed by atoms with Crippen LogP contribution in [0.4, 0.5) is 5.82 Å². The number of Topliss-reactive ketones (excluding diaryl/α,β-unsaturated/α-hetero) is 1. The van der Waals surface area contributed by atoms with E-state index in [-0.39, 0.29) is 17.0 Å². The van der Waals surface area contributed by atoms with Gasteiger partial charge in [0, 0.05) is 24.2 Å². The van der Waals surface area contributed by atoms with Crippen molar-refractivity contribution >= 4 is 40.7 Å². The summed E-state index contributed by atoms with van der Waals surface area (Å²) in [4.78, 5) is 30.9. The van der Waals surface area contributed by atoms with Crippen LogP contribution in [0.2, 0.25) is 10.3 Å². The summed E-state index contributed by atoms with van der Waals surface area (Å²) in [5.41, 5.74) is 1.09. The molecule has 0 aliphatic heterocycles. The molecule has 0 bridgehead atoms. The second-order valence-corrected chi connectivity index (χ2v) is 5.75. The Balaban J connectivity index is 1.74.